The summed E-state index contributed by atoms with van der Waals surface area (Å²) < 4.78 is 2.30. The Morgan fingerprint density at radius 2 is 1.79 bits per heavy atom. The van der Waals surface area contributed by atoms with Crippen LogP contribution in [0.3, 0.4) is 0 Å². The smallest absolute Gasteiger partial charge is 0.229 e. The van der Waals surface area contributed by atoms with E-state index in [0.717, 1.165) is 49.8 Å². The Bertz CT molecular complexity index is 1100. The monoisotopic (exact) mass is 389 g/mol. The van der Waals surface area contributed by atoms with Crippen LogP contribution in [0.25, 0.3) is 21.8 Å². The van der Waals surface area contributed by atoms with Crippen LogP contribution in [0, 0.1) is 11.8 Å². The van der Waals surface area contributed by atoms with Gasteiger partial charge in [-0.1, -0.05) is 18.2 Å². The van der Waals surface area contributed by atoms with Crippen molar-refractivity contribution >= 4 is 39.3 Å². The molecule has 2 fully saturated rings. The van der Waals surface area contributed by atoms with E-state index >= 15 is 0 Å². The van der Waals surface area contributed by atoms with Gasteiger partial charge in [0.1, 0.15) is 0 Å². The number of carbonyl (C=O) groups is 2. The molecule has 1 aromatic heterocycles. The number of rotatable bonds is 4. The molecule has 0 radical (unpaired) electrons. The van der Waals surface area contributed by atoms with E-state index in [4.69, 9.17) is 0 Å². The van der Waals surface area contributed by atoms with E-state index in [9.17, 15) is 9.59 Å². The largest absolute Gasteiger partial charge is 0.342 e. The number of amides is 2. The Morgan fingerprint density at radius 3 is 2.59 bits per heavy atom. The highest BCUT2D eigenvalue weighted by atomic mass is 16.2. The molecule has 29 heavy (non-hydrogen) atoms. The van der Waals surface area contributed by atoms with Crippen LogP contribution in [0.2, 0.25) is 0 Å². The fraction of sp³-hybridized carbons (Fsp3) is 0.417. The highest BCUT2D eigenvalue weighted by Gasteiger charge is 2.36. The summed E-state index contributed by atoms with van der Waals surface area (Å²) in [4.78, 5) is 27.2. The number of aromatic nitrogens is 1. The molecule has 5 nitrogen and oxygen atoms in total. The quantitative estimate of drug-likeness (QED) is 0.719. The van der Waals surface area contributed by atoms with Gasteiger partial charge in [-0.05, 0) is 56.9 Å². The van der Waals surface area contributed by atoms with Gasteiger partial charge in [-0.2, -0.15) is 0 Å². The van der Waals surface area contributed by atoms with Crippen LogP contribution >= 0.6 is 0 Å². The molecule has 2 amide bonds. The van der Waals surface area contributed by atoms with Crippen molar-refractivity contribution in [3.8, 4) is 0 Å². The van der Waals surface area contributed by atoms with Crippen LogP contribution in [0.15, 0.2) is 42.5 Å². The van der Waals surface area contributed by atoms with Crippen molar-refractivity contribution in [2.45, 2.75) is 39.2 Å². The van der Waals surface area contributed by atoms with E-state index in [1.165, 1.54) is 16.4 Å². The highest BCUT2D eigenvalue weighted by Crippen LogP contribution is 2.33. The average Bonchev–Trinajstić information content (AvgIpc) is 3.56. The number of para-hydroxylation sites is 1. The number of likely N-dealkylation sites (tertiary alicyclic amines) is 1. The van der Waals surface area contributed by atoms with Gasteiger partial charge in [0.05, 0.1) is 5.92 Å². The molecular weight excluding hydrogens is 362 g/mol. The zero-order valence-electron chi connectivity index (χ0n) is 16.9. The molecule has 1 saturated heterocycles. The molecule has 3 aromatic rings. The van der Waals surface area contributed by atoms with Crippen LogP contribution in [-0.4, -0.2) is 34.4 Å². The lowest BCUT2D eigenvalue weighted by molar-refractivity contribution is -0.135. The Labute approximate surface area is 170 Å². The van der Waals surface area contributed by atoms with E-state index in [0.29, 0.717) is 6.54 Å². The molecule has 150 valence electrons. The maximum absolute atomic E-state index is 12.9. The van der Waals surface area contributed by atoms with Crippen molar-refractivity contribution in [3.05, 3.63) is 42.5 Å². The van der Waals surface area contributed by atoms with Gasteiger partial charge in [-0.15, -0.1) is 0 Å². The zero-order chi connectivity index (χ0) is 20.0. The molecular formula is C24H27N3O2. The lowest BCUT2D eigenvalue weighted by Gasteiger charge is -2.32. The van der Waals surface area contributed by atoms with E-state index in [1.807, 2.05) is 11.0 Å². The minimum Gasteiger partial charge on any atom is -0.342 e. The van der Waals surface area contributed by atoms with Gasteiger partial charge in [0.15, 0.2) is 0 Å². The van der Waals surface area contributed by atoms with Gasteiger partial charge >= 0.3 is 0 Å². The summed E-state index contributed by atoms with van der Waals surface area (Å²) >= 11 is 0. The van der Waals surface area contributed by atoms with Crippen LogP contribution in [-0.2, 0) is 16.1 Å². The Morgan fingerprint density at radius 1 is 1.00 bits per heavy atom. The van der Waals surface area contributed by atoms with Crippen LogP contribution in [0.1, 0.15) is 32.6 Å². The first-order valence-electron chi connectivity index (χ1n) is 10.8. The third-order valence-electron chi connectivity index (χ3n) is 6.39. The number of fused-ring (bicyclic) bond motifs is 3. The van der Waals surface area contributed by atoms with Crippen molar-refractivity contribution < 1.29 is 9.59 Å². The second kappa shape index (κ2) is 7.21. The van der Waals surface area contributed by atoms with Crippen molar-refractivity contribution in [2.24, 2.45) is 11.8 Å². The summed E-state index contributed by atoms with van der Waals surface area (Å²) in [5.41, 5.74) is 3.23. The van der Waals surface area contributed by atoms with Gasteiger partial charge in [-0.3, -0.25) is 9.59 Å². The number of benzene rings is 2. The molecule has 2 aromatic carbocycles. The molecule has 1 aliphatic carbocycles. The summed E-state index contributed by atoms with van der Waals surface area (Å²) in [5, 5.41) is 5.48. The fourth-order valence-corrected chi connectivity index (χ4v) is 4.70. The number of nitrogens with zero attached hydrogens (tertiary/aromatic N) is 2. The third-order valence-corrected chi connectivity index (χ3v) is 6.39. The topological polar surface area (TPSA) is 54.3 Å². The molecule has 1 N–H and O–H groups in total. The normalized spacial score (nSPS) is 19.6. The molecule has 5 heteroatoms. The number of carbonyl (C=O) groups excluding carboxylic acids is 2. The van der Waals surface area contributed by atoms with Gasteiger partial charge in [0, 0.05) is 53.0 Å². The van der Waals surface area contributed by atoms with Gasteiger partial charge in [0.2, 0.25) is 11.8 Å². The molecule has 0 bridgehead atoms. The maximum Gasteiger partial charge on any atom is 0.229 e. The summed E-state index contributed by atoms with van der Waals surface area (Å²) in [6.45, 7) is 4.40. The standard InChI is InChI=1S/C24H27N3O2/c1-2-27-21-8-4-3-7-19(21)20-14-18(11-12-22(20)27)25-23(28)17-6-5-13-26(15-17)24(29)16-9-10-16/h3-4,7-8,11-12,14,16-17H,2,5-6,9-10,13,15H2,1H3,(H,25,28). The Balaban J connectivity index is 1.37. The molecule has 2 heterocycles. The van der Waals surface area contributed by atoms with Gasteiger partial charge in [0.25, 0.3) is 0 Å². The SMILES string of the molecule is CCn1c2ccccc2c2cc(NC(=O)C3CCCN(C(=O)C4CC4)C3)ccc21. The zero-order valence-corrected chi connectivity index (χ0v) is 16.9. The average molecular weight is 389 g/mol. The maximum atomic E-state index is 12.9. The summed E-state index contributed by atoms with van der Waals surface area (Å²) in [5.74, 6) is 0.363. The summed E-state index contributed by atoms with van der Waals surface area (Å²) in [6, 6.07) is 14.6. The molecule has 1 atom stereocenters. The number of hydrogen-bond donors (Lipinski definition) is 1. The van der Waals surface area contributed by atoms with Crippen molar-refractivity contribution in [2.75, 3.05) is 18.4 Å². The number of anilines is 1. The second-order valence-corrected chi connectivity index (χ2v) is 8.38. The molecule has 1 unspecified atom stereocenters. The number of piperidine rings is 1. The predicted octanol–water partition coefficient (Wildman–Crippen LogP) is 4.40. The molecule has 0 spiro atoms. The van der Waals surface area contributed by atoms with Gasteiger partial charge < -0.3 is 14.8 Å². The highest BCUT2D eigenvalue weighted by molar-refractivity contribution is 6.09. The number of nitrogens with one attached hydrogen (secondary N) is 1. The number of hydrogen-bond acceptors (Lipinski definition) is 2. The predicted molar refractivity (Wildman–Crippen MR) is 116 cm³/mol. The molecule has 5 rings (SSSR count). The van der Waals surface area contributed by atoms with E-state index < -0.39 is 0 Å². The van der Waals surface area contributed by atoms with Crippen LogP contribution in [0.5, 0.6) is 0 Å². The van der Waals surface area contributed by atoms with E-state index in [-0.39, 0.29) is 23.7 Å². The van der Waals surface area contributed by atoms with E-state index in [1.54, 1.807) is 0 Å². The van der Waals surface area contributed by atoms with Crippen molar-refractivity contribution in [1.82, 2.24) is 9.47 Å². The summed E-state index contributed by atoms with van der Waals surface area (Å²) in [7, 11) is 0. The Kier molecular flexibility index (Phi) is 4.53. The van der Waals surface area contributed by atoms with E-state index in [2.05, 4.69) is 53.2 Å². The van der Waals surface area contributed by atoms with Crippen molar-refractivity contribution in [3.63, 3.8) is 0 Å². The lowest BCUT2D eigenvalue weighted by Crippen LogP contribution is -2.44. The summed E-state index contributed by atoms with van der Waals surface area (Å²) in [6.07, 6.45) is 3.77. The first kappa shape index (κ1) is 18.2. The number of aryl methyl sites for hydroxylation is 1. The lowest BCUT2D eigenvalue weighted by atomic mass is 9.96. The van der Waals surface area contributed by atoms with Crippen molar-refractivity contribution in [1.29, 1.82) is 0 Å². The minimum atomic E-state index is -0.126. The molecule has 1 aliphatic heterocycles. The Hall–Kier alpha value is -2.82. The minimum absolute atomic E-state index is 0.0249. The molecule has 2 aliphatic rings. The second-order valence-electron chi connectivity index (χ2n) is 8.38. The fourth-order valence-electron chi connectivity index (χ4n) is 4.70. The third kappa shape index (κ3) is 3.28. The molecule has 1 saturated carbocycles. The van der Waals surface area contributed by atoms with Crippen LogP contribution < -0.4 is 5.32 Å². The van der Waals surface area contributed by atoms with Crippen LogP contribution in [0.4, 0.5) is 5.69 Å². The van der Waals surface area contributed by atoms with Gasteiger partial charge in [-0.25, -0.2) is 0 Å². The first-order chi connectivity index (χ1) is 14.2. The first-order valence-corrected chi connectivity index (χ1v) is 10.8.